The smallest absolute Gasteiger partial charge is 0.232 e. The van der Waals surface area contributed by atoms with Crippen LogP contribution in [0, 0.1) is 11.8 Å². The number of anilines is 1. The molecule has 2 unspecified atom stereocenters. The predicted octanol–water partition coefficient (Wildman–Crippen LogP) is 2.46. The highest BCUT2D eigenvalue weighted by Gasteiger charge is 2.24. The van der Waals surface area contributed by atoms with Crippen molar-refractivity contribution < 1.29 is 9.84 Å². The Morgan fingerprint density at radius 1 is 1.42 bits per heavy atom. The van der Waals surface area contributed by atoms with Gasteiger partial charge in [-0.15, -0.1) is 0 Å². The fourth-order valence-electron chi connectivity index (χ4n) is 2.60. The summed E-state index contributed by atoms with van der Waals surface area (Å²) in [5, 5.41) is 12.6. The van der Waals surface area contributed by atoms with Crippen LogP contribution < -0.4 is 10.1 Å². The molecule has 1 heterocycles. The molecule has 1 saturated carbocycles. The molecule has 0 bridgehead atoms. The minimum atomic E-state index is 0.275. The van der Waals surface area contributed by atoms with E-state index in [0.29, 0.717) is 23.7 Å². The van der Waals surface area contributed by atoms with Gasteiger partial charge in [0.1, 0.15) is 0 Å². The van der Waals surface area contributed by atoms with Crippen LogP contribution in [0.5, 0.6) is 5.88 Å². The Kier molecular flexibility index (Phi) is 5.39. The van der Waals surface area contributed by atoms with E-state index in [-0.39, 0.29) is 6.61 Å². The molecule has 1 aromatic rings. The summed E-state index contributed by atoms with van der Waals surface area (Å²) in [5.74, 6) is 2.00. The number of nitrogens with one attached hydrogen (secondary N) is 1. The number of aromatic nitrogens is 2. The van der Waals surface area contributed by atoms with E-state index in [0.717, 1.165) is 23.9 Å². The van der Waals surface area contributed by atoms with Gasteiger partial charge in [-0.05, 0) is 40.6 Å². The van der Waals surface area contributed by atoms with Crippen LogP contribution in [0.4, 0.5) is 5.95 Å². The quantitative estimate of drug-likeness (QED) is 0.868. The van der Waals surface area contributed by atoms with E-state index in [1.165, 1.54) is 12.8 Å². The number of aliphatic hydroxyl groups is 1. The average Bonchev–Trinajstić information content (AvgIpc) is 2.46. The molecule has 5 nitrogen and oxygen atoms in total. The van der Waals surface area contributed by atoms with Gasteiger partial charge in [0.05, 0.1) is 17.8 Å². The lowest BCUT2D eigenvalue weighted by molar-refractivity contribution is 0.141. The van der Waals surface area contributed by atoms with Crippen molar-refractivity contribution in [2.45, 2.75) is 25.7 Å². The molecule has 19 heavy (non-hydrogen) atoms. The Morgan fingerprint density at radius 2 is 2.16 bits per heavy atom. The topological polar surface area (TPSA) is 67.3 Å². The fraction of sp³-hybridized carbons (Fsp3) is 0.692. The summed E-state index contributed by atoms with van der Waals surface area (Å²) in [7, 11) is 1.58. The number of rotatable bonds is 5. The lowest BCUT2D eigenvalue weighted by atomic mass is 9.80. The van der Waals surface area contributed by atoms with Gasteiger partial charge < -0.3 is 15.2 Å². The van der Waals surface area contributed by atoms with Crippen molar-refractivity contribution in [2.24, 2.45) is 11.8 Å². The van der Waals surface area contributed by atoms with E-state index < -0.39 is 0 Å². The summed E-state index contributed by atoms with van der Waals surface area (Å²) < 4.78 is 5.88. The highest BCUT2D eigenvalue weighted by molar-refractivity contribution is 9.10. The van der Waals surface area contributed by atoms with Gasteiger partial charge in [0.25, 0.3) is 0 Å². The van der Waals surface area contributed by atoms with Crippen LogP contribution >= 0.6 is 15.9 Å². The molecule has 2 rings (SSSR count). The van der Waals surface area contributed by atoms with Crippen molar-refractivity contribution >= 4 is 21.9 Å². The molecule has 0 aromatic carbocycles. The molecule has 6 heteroatoms. The number of methoxy groups -OCH3 is 1. The van der Waals surface area contributed by atoms with Gasteiger partial charge in [0, 0.05) is 13.2 Å². The molecule has 0 spiro atoms. The van der Waals surface area contributed by atoms with Crippen molar-refractivity contribution in [1.82, 2.24) is 9.97 Å². The first-order chi connectivity index (χ1) is 9.24. The zero-order chi connectivity index (χ0) is 13.7. The monoisotopic (exact) mass is 329 g/mol. The van der Waals surface area contributed by atoms with Crippen molar-refractivity contribution in [3.8, 4) is 5.88 Å². The van der Waals surface area contributed by atoms with Gasteiger partial charge in [-0.2, -0.15) is 4.98 Å². The van der Waals surface area contributed by atoms with Gasteiger partial charge in [-0.1, -0.05) is 12.8 Å². The molecule has 1 aromatic heterocycles. The van der Waals surface area contributed by atoms with E-state index in [9.17, 15) is 5.11 Å². The summed E-state index contributed by atoms with van der Waals surface area (Å²) in [6.07, 6.45) is 6.43. The zero-order valence-corrected chi connectivity index (χ0v) is 12.7. The fourth-order valence-corrected chi connectivity index (χ4v) is 2.95. The predicted molar refractivity (Wildman–Crippen MR) is 77.3 cm³/mol. The maximum Gasteiger partial charge on any atom is 0.232 e. The van der Waals surface area contributed by atoms with E-state index >= 15 is 0 Å². The molecule has 1 aliphatic carbocycles. The standard InChI is InChI=1S/C13H20BrN3O2/c1-19-12-11(14)7-16-13(17-12)15-6-9-4-2-3-5-10(9)8-18/h7,9-10,18H,2-6,8H2,1H3,(H,15,16,17). The number of nitrogens with zero attached hydrogens (tertiary/aromatic N) is 2. The van der Waals surface area contributed by atoms with E-state index in [2.05, 4.69) is 31.2 Å². The number of hydrogen-bond acceptors (Lipinski definition) is 5. The van der Waals surface area contributed by atoms with E-state index in [4.69, 9.17) is 4.74 Å². The molecule has 1 aliphatic rings. The summed E-state index contributed by atoms with van der Waals surface area (Å²) in [5.41, 5.74) is 0. The van der Waals surface area contributed by atoms with Gasteiger partial charge in [-0.25, -0.2) is 4.98 Å². The molecule has 0 aliphatic heterocycles. The third-order valence-corrected chi connectivity index (χ3v) is 4.27. The number of halogens is 1. The SMILES string of the molecule is COc1nc(NCC2CCCCC2CO)ncc1Br. The maximum absolute atomic E-state index is 9.39. The van der Waals surface area contributed by atoms with Crippen molar-refractivity contribution in [2.75, 3.05) is 25.6 Å². The van der Waals surface area contributed by atoms with Crippen LogP contribution in [0.25, 0.3) is 0 Å². The first kappa shape index (κ1) is 14.5. The minimum absolute atomic E-state index is 0.275. The van der Waals surface area contributed by atoms with E-state index in [1.54, 1.807) is 13.3 Å². The second-order valence-electron chi connectivity index (χ2n) is 4.92. The van der Waals surface area contributed by atoms with Gasteiger partial charge in [0.15, 0.2) is 0 Å². The Labute approximate surface area is 121 Å². The Morgan fingerprint density at radius 3 is 2.84 bits per heavy atom. The molecule has 0 amide bonds. The molecule has 0 radical (unpaired) electrons. The molecule has 106 valence electrons. The van der Waals surface area contributed by atoms with Crippen LogP contribution in [0.1, 0.15) is 25.7 Å². The van der Waals surface area contributed by atoms with E-state index in [1.807, 2.05) is 0 Å². The second-order valence-corrected chi connectivity index (χ2v) is 5.77. The summed E-state index contributed by atoms with van der Waals surface area (Å²) in [6, 6.07) is 0. The third-order valence-electron chi connectivity index (χ3n) is 3.73. The molecule has 2 N–H and O–H groups in total. The van der Waals surface area contributed by atoms with Crippen LogP contribution in [-0.2, 0) is 0 Å². The highest BCUT2D eigenvalue weighted by Crippen LogP contribution is 2.30. The Bertz CT molecular complexity index is 417. The summed E-state index contributed by atoms with van der Waals surface area (Å²) in [4.78, 5) is 8.48. The largest absolute Gasteiger partial charge is 0.480 e. The average molecular weight is 330 g/mol. The normalized spacial score (nSPS) is 23.1. The van der Waals surface area contributed by atoms with Crippen LogP contribution in [-0.4, -0.2) is 35.3 Å². The molecular weight excluding hydrogens is 310 g/mol. The highest BCUT2D eigenvalue weighted by atomic mass is 79.9. The lowest BCUT2D eigenvalue weighted by Gasteiger charge is -2.30. The van der Waals surface area contributed by atoms with Gasteiger partial charge in [0.2, 0.25) is 11.8 Å². The number of hydrogen-bond donors (Lipinski definition) is 2. The molecule has 0 saturated heterocycles. The van der Waals surface area contributed by atoms with Crippen LogP contribution in [0.15, 0.2) is 10.7 Å². The van der Waals surface area contributed by atoms with Crippen molar-refractivity contribution in [3.05, 3.63) is 10.7 Å². The van der Waals surface area contributed by atoms with Crippen molar-refractivity contribution in [1.29, 1.82) is 0 Å². The van der Waals surface area contributed by atoms with Crippen LogP contribution in [0.3, 0.4) is 0 Å². The molecular formula is C13H20BrN3O2. The van der Waals surface area contributed by atoms with Crippen molar-refractivity contribution in [3.63, 3.8) is 0 Å². The summed E-state index contributed by atoms with van der Waals surface area (Å²) >= 11 is 3.33. The maximum atomic E-state index is 9.39. The molecule has 1 fully saturated rings. The molecule has 2 atom stereocenters. The first-order valence-electron chi connectivity index (χ1n) is 6.66. The van der Waals surface area contributed by atoms with Gasteiger partial charge >= 0.3 is 0 Å². The zero-order valence-electron chi connectivity index (χ0n) is 11.1. The Hall–Kier alpha value is -0.880. The summed E-state index contributed by atoms with van der Waals surface area (Å²) in [6.45, 7) is 1.08. The first-order valence-corrected chi connectivity index (χ1v) is 7.45. The Balaban J connectivity index is 1.94. The number of ether oxygens (including phenoxy) is 1. The van der Waals surface area contributed by atoms with Crippen LogP contribution in [0.2, 0.25) is 0 Å². The minimum Gasteiger partial charge on any atom is -0.480 e. The third kappa shape index (κ3) is 3.79. The number of aliphatic hydroxyl groups excluding tert-OH is 1. The second kappa shape index (κ2) is 7.05. The van der Waals surface area contributed by atoms with Gasteiger partial charge in [-0.3, -0.25) is 0 Å². The lowest BCUT2D eigenvalue weighted by Crippen LogP contribution is -2.29.